The Morgan fingerprint density at radius 2 is 2.24 bits per heavy atom. The second-order valence-corrected chi connectivity index (χ2v) is 6.13. The molecule has 1 fully saturated rings. The first-order chi connectivity index (χ1) is 12.1. The predicted octanol–water partition coefficient (Wildman–Crippen LogP) is 2.81. The molecule has 6 nitrogen and oxygen atoms in total. The molecule has 1 aliphatic heterocycles. The highest BCUT2D eigenvalue weighted by atomic mass is 16.5. The number of carbonyl (C=O) groups is 1. The van der Waals surface area contributed by atoms with E-state index in [0.717, 1.165) is 29.1 Å². The highest BCUT2D eigenvalue weighted by molar-refractivity contribution is 5.95. The van der Waals surface area contributed by atoms with Gasteiger partial charge in [0.05, 0.1) is 19.3 Å². The molecule has 2 heterocycles. The summed E-state index contributed by atoms with van der Waals surface area (Å²) in [6.45, 7) is 2.49. The highest BCUT2D eigenvalue weighted by Gasteiger charge is 2.37. The van der Waals surface area contributed by atoms with Crippen molar-refractivity contribution in [2.24, 2.45) is 0 Å². The highest BCUT2D eigenvalue weighted by Crippen LogP contribution is 2.32. The number of allylic oxidation sites excluding steroid dienone is 1. The minimum absolute atomic E-state index is 0.0181. The average molecular weight is 341 g/mol. The fraction of sp³-hybridized carbons (Fsp3) is 0.368. The number of aromatic amines is 1. The van der Waals surface area contributed by atoms with E-state index in [4.69, 9.17) is 9.47 Å². The molecule has 1 unspecified atom stereocenters. The van der Waals surface area contributed by atoms with Crippen LogP contribution in [-0.2, 0) is 9.53 Å². The van der Waals surface area contributed by atoms with E-state index in [9.17, 15) is 4.79 Å². The van der Waals surface area contributed by atoms with Gasteiger partial charge >= 0.3 is 0 Å². The van der Waals surface area contributed by atoms with Gasteiger partial charge in [-0.25, -0.2) is 4.98 Å². The van der Waals surface area contributed by atoms with Gasteiger partial charge in [-0.3, -0.25) is 4.79 Å². The maximum Gasteiger partial charge on any atom is 0.247 e. The van der Waals surface area contributed by atoms with Crippen LogP contribution < -0.4 is 4.74 Å². The summed E-state index contributed by atoms with van der Waals surface area (Å²) >= 11 is 0. The van der Waals surface area contributed by atoms with Crippen LogP contribution >= 0.6 is 0 Å². The number of hydrogen-bond acceptors (Lipinski definition) is 4. The largest absolute Gasteiger partial charge is 0.497 e. The quantitative estimate of drug-likeness (QED) is 0.849. The Morgan fingerprint density at radius 3 is 2.92 bits per heavy atom. The van der Waals surface area contributed by atoms with Crippen molar-refractivity contribution in [2.45, 2.75) is 25.5 Å². The molecule has 0 saturated carbocycles. The van der Waals surface area contributed by atoms with Gasteiger partial charge in [0.15, 0.2) is 0 Å². The molecule has 132 valence electrons. The van der Waals surface area contributed by atoms with Crippen molar-refractivity contribution in [3.05, 3.63) is 54.1 Å². The van der Waals surface area contributed by atoms with E-state index in [1.807, 2.05) is 36.1 Å². The zero-order chi connectivity index (χ0) is 17.8. The molecule has 1 amide bonds. The van der Waals surface area contributed by atoms with Crippen molar-refractivity contribution in [3.63, 3.8) is 0 Å². The van der Waals surface area contributed by atoms with E-state index < -0.39 is 0 Å². The molecule has 0 bridgehead atoms. The Kier molecular flexibility index (Phi) is 5.19. The van der Waals surface area contributed by atoms with Gasteiger partial charge in [-0.2, -0.15) is 0 Å². The van der Waals surface area contributed by atoms with E-state index in [1.165, 1.54) is 0 Å². The lowest BCUT2D eigenvalue weighted by Gasteiger charge is -2.21. The number of rotatable bonds is 5. The fourth-order valence-corrected chi connectivity index (χ4v) is 3.15. The number of ether oxygens (including phenoxy) is 2. The summed E-state index contributed by atoms with van der Waals surface area (Å²) in [6.07, 6.45) is 5.90. The minimum atomic E-state index is -0.0955. The van der Waals surface area contributed by atoms with Crippen LogP contribution in [0.1, 0.15) is 30.8 Å². The molecule has 1 aliphatic rings. The number of amides is 1. The van der Waals surface area contributed by atoms with Gasteiger partial charge in [-0.15, -0.1) is 0 Å². The molecule has 1 aromatic carbocycles. The Bertz CT molecular complexity index is 755. The first-order valence-corrected chi connectivity index (χ1v) is 8.27. The lowest BCUT2D eigenvalue weighted by atomic mass is 10.1. The number of hydrogen-bond donors (Lipinski definition) is 1. The van der Waals surface area contributed by atoms with Crippen LogP contribution in [0, 0.1) is 0 Å². The molecule has 25 heavy (non-hydrogen) atoms. The smallest absolute Gasteiger partial charge is 0.247 e. The summed E-state index contributed by atoms with van der Waals surface area (Å²) in [5.74, 6) is 1.52. The lowest BCUT2D eigenvalue weighted by Crippen LogP contribution is -2.31. The Labute approximate surface area is 147 Å². The lowest BCUT2D eigenvalue weighted by molar-refractivity contribution is -0.127. The number of H-pyrrole nitrogens is 1. The monoisotopic (exact) mass is 341 g/mol. The van der Waals surface area contributed by atoms with Gasteiger partial charge in [0.25, 0.3) is 0 Å². The van der Waals surface area contributed by atoms with Gasteiger partial charge in [-0.1, -0.05) is 12.1 Å². The van der Waals surface area contributed by atoms with Crippen LogP contribution in [0.15, 0.2) is 42.7 Å². The topological polar surface area (TPSA) is 67.4 Å². The molecule has 1 saturated heterocycles. The zero-order valence-electron chi connectivity index (χ0n) is 14.7. The molecule has 2 atom stereocenters. The van der Waals surface area contributed by atoms with E-state index in [-0.39, 0.29) is 18.1 Å². The molecule has 2 aromatic rings. The maximum atomic E-state index is 12.9. The number of imidazole rings is 1. The number of carbonyl (C=O) groups excluding carboxylic acids is 1. The van der Waals surface area contributed by atoms with E-state index >= 15 is 0 Å². The third-order valence-electron chi connectivity index (χ3n) is 4.58. The van der Waals surface area contributed by atoms with Crippen LogP contribution in [0.3, 0.4) is 0 Å². The zero-order valence-corrected chi connectivity index (χ0v) is 14.7. The summed E-state index contributed by atoms with van der Waals surface area (Å²) in [5.41, 5.74) is 1.85. The number of nitrogens with zero attached hydrogens (tertiary/aromatic N) is 2. The van der Waals surface area contributed by atoms with Crippen molar-refractivity contribution in [3.8, 4) is 5.75 Å². The SMILES string of the molecule is COc1cccc(/C(C)=C/C(=O)N2C[C@H](OC)CC2c2ncc[nH]2)c1. The Morgan fingerprint density at radius 1 is 1.40 bits per heavy atom. The summed E-state index contributed by atoms with van der Waals surface area (Å²) < 4.78 is 10.7. The third kappa shape index (κ3) is 3.74. The number of benzene rings is 1. The molecule has 1 N–H and O–H groups in total. The normalized spacial score (nSPS) is 20.8. The van der Waals surface area contributed by atoms with Crippen molar-refractivity contribution in [1.82, 2.24) is 14.9 Å². The van der Waals surface area contributed by atoms with Crippen molar-refractivity contribution in [1.29, 1.82) is 0 Å². The predicted molar refractivity (Wildman–Crippen MR) is 95.1 cm³/mol. The number of methoxy groups -OCH3 is 2. The maximum absolute atomic E-state index is 12.9. The van der Waals surface area contributed by atoms with Crippen LogP contribution in [-0.4, -0.2) is 47.6 Å². The van der Waals surface area contributed by atoms with Gasteiger partial charge < -0.3 is 19.4 Å². The van der Waals surface area contributed by atoms with Crippen LogP contribution in [0.2, 0.25) is 0 Å². The average Bonchev–Trinajstić information content (AvgIpc) is 3.30. The second-order valence-electron chi connectivity index (χ2n) is 6.13. The molecule has 0 spiro atoms. The summed E-state index contributed by atoms with van der Waals surface area (Å²) in [7, 11) is 3.31. The Hall–Kier alpha value is -2.60. The molecule has 6 heteroatoms. The summed E-state index contributed by atoms with van der Waals surface area (Å²) in [5, 5.41) is 0. The van der Waals surface area contributed by atoms with Crippen LogP contribution in [0.4, 0.5) is 0 Å². The van der Waals surface area contributed by atoms with Gasteiger partial charge in [-0.05, 0) is 30.2 Å². The number of likely N-dealkylation sites (tertiary alicyclic amines) is 1. The summed E-state index contributed by atoms with van der Waals surface area (Å²) in [4.78, 5) is 22.1. The molecule has 1 aromatic heterocycles. The third-order valence-corrected chi connectivity index (χ3v) is 4.58. The number of nitrogens with one attached hydrogen (secondary N) is 1. The first-order valence-electron chi connectivity index (χ1n) is 8.27. The van der Waals surface area contributed by atoms with E-state index in [2.05, 4.69) is 9.97 Å². The number of aromatic nitrogens is 2. The molecule has 0 radical (unpaired) electrons. The molecular formula is C19H23N3O3. The standard InChI is InChI=1S/C19H23N3O3/c1-13(14-5-4-6-15(10-14)24-2)9-18(23)22-12-16(25-3)11-17(22)19-20-7-8-21-19/h4-10,16-17H,11-12H2,1-3H3,(H,20,21)/b13-9+/t16-,17?/m1/s1. The first kappa shape index (κ1) is 17.2. The second kappa shape index (κ2) is 7.53. The van der Waals surface area contributed by atoms with Gasteiger partial charge in [0.1, 0.15) is 11.6 Å². The van der Waals surface area contributed by atoms with Crippen molar-refractivity contribution >= 4 is 11.5 Å². The van der Waals surface area contributed by atoms with Gasteiger partial charge in [0, 0.05) is 38.5 Å². The van der Waals surface area contributed by atoms with Gasteiger partial charge in [0.2, 0.25) is 5.91 Å². The van der Waals surface area contributed by atoms with Crippen LogP contribution in [0.25, 0.3) is 5.57 Å². The van der Waals surface area contributed by atoms with E-state index in [0.29, 0.717) is 6.54 Å². The van der Waals surface area contributed by atoms with Crippen molar-refractivity contribution < 1.29 is 14.3 Å². The molecule has 3 rings (SSSR count). The van der Waals surface area contributed by atoms with Crippen LogP contribution in [0.5, 0.6) is 5.75 Å². The fourth-order valence-electron chi connectivity index (χ4n) is 3.15. The Balaban J connectivity index is 1.82. The van der Waals surface area contributed by atoms with Crippen molar-refractivity contribution in [2.75, 3.05) is 20.8 Å². The summed E-state index contributed by atoms with van der Waals surface area (Å²) in [6, 6.07) is 7.59. The van der Waals surface area contributed by atoms with E-state index in [1.54, 1.807) is 32.7 Å². The molecule has 0 aliphatic carbocycles. The molecular weight excluding hydrogens is 318 g/mol. The minimum Gasteiger partial charge on any atom is -0.497 e.